The van der Waals surface area contributed by atoms with E-state index in [9.17, 15) is 14.9 Å². The second kappa shape index (κ2) is 8.51. The molecule has 0 saturated carbocycles. The van der Waals surface area contributed by atoms with Crippen LogP contribution in [-0.2, 0) is 0 Å². The van der Waals surface area contributed by atoms with Crippen molar-refractivity contribution in [2.45, 2.75) is 26.3 Å². The van der Waals surface area contributed by atoms with Gasteiger partial charge in [-0.05, 0) is 37.0 Å². The van der Waals surface area contributed by atoms with Gasteiger partial charge in [0.25, 0.3) is 11.6 Å². The first-order valence-corrected chi connectivity index (χ1v) is 7.99. The van der Waals surface area contributed by atoms with E-state index in [-0.39, 0.29) is 17.6 Å². The van der Waals surface area contributed by atoms with Crippen LogP contribution in [-0.4, -0.2) is 35.4 Å². The summed E-state index contributed by atoms with van der Waals surface area (Å²) in [5.41, 5.74) is 0.711. The van der Waals surface area contributed by atoms with Crippen LogP contribution in [0.3, 0.4) is 0 Å². The quantitative estimate of drug-likeness (QED) is 0.438. The minimum Gasteiger partial charge on any atom is -0.383 e. The van der Waals surface area contributed by atoms with E-state index in [1.165, 1.54) is 18.2 Å². The van der Waals surface area contributed by atoms with Gasteiger partial charge in [-0.3, -0.25) is 14.9 Å². The van der Waals surface area contributed by atoms with Crippen molar-refractivity contribution < 1.29 is 9.72 Å². The smallest absolute Gasteiger partial charge is 0.292 e. The molecule has 1 amide bonds. The second-order valence-electron chi connectivity index (χ2n) is 4.60. The predicted octanol–water partition coefficient (Wildman–Crippen LogP) is 2.90. The van der Waals surface area contributed by atoms with E-state index in [1.54, 1.807) is 7.05 Å². The number of hydrogen-bond acceptors (Lipinski definition) is 5. The molecule has 0 spiro atoms. The van der Waals surface area contributed by atoms with Gasteiger partial charge in [-0.15, -0.1) is 0 Å². The lowest BCUT2D eigenvalue weighted by Crippen LogP contribution is -2.33. The Hall–Kier alpha value is -1.76. The largest absolute Gasteiger partial charge is 0.383 e. The molecule has 0 fully saturated rings. The molecule has 116 valence electrons. The molecule has 1 unspecified atom stereocenters. The van der Waals surface area contributed by atoms with Crippen LogP contribution < -0.4 is 10.6 Å². The Labute approximate surface area is 128 Å². The highest BCUT2D eigenvalue weighted by Gasteiger charge is 2.16. The van der Waals surface area contributed by atoms with Crippen molar-refractivity contribution >= 4 is 29.0 Å². The zero-order chi connectivity index (χ0) is 15.8. The van der Waals surface area contributed by atoms with E-state index >= 15 is 0 Å². The van der Waals surface area contributed by atoms with Gasteiger partial charge in [-0.2, -0.15) is 11.8 Å². The lowest BCUT2D eigenvalue weighted by Gasteiger charge is -2.14. The normalized spacial score (nSPS) is 11.8. The summed E-state index contributed by atoms with van der Waals surface area (Å²) in [6.45, 7) is 4.06. The van der Waals surface area contributed by atoms with Gasteiger partial charge < -0.3 is 10.6 Å². The molecule has 7 heteroatoms. The van der Waals surface area contributed by atoms with Gasteiger partial charge in [0, 0.05) is 24.7 Å². The Morgan fingerprint density at radius 1 is 1.48 bits per heavy atom. The average Bonchev–Trinajstić information content (AvgIpc) is 2.46. The average molecular weight is 311 g/mol. The zero-order valence-electron chi connectivity index (χ0n) is 12.5. The van der Waals surface area contributed by atoms with Crippen molar-refractivity contribution in [3.63, 3.8) is 0 Å². The molecule has 0 aliphatic heterocycles. The second-order valence-corrected chi connectivity index (χ2v) is 5.99. The molecule has 0 radical (unpaired) electrons. The van der Waals surface area contributed by atoms with E-state index in [2.05, 4.69) is 17.6 Å². The van der Waals surface area contributed by atoms with E-state index in [4.69, 9.17) is 0 Å². The molecule has 2 N–H and O–H groups in total. The molecule has 1 atom stereocenters. The van der Waals surface area contributed by atoms with Crippen molar-refractivity contribution in [2.75, 3.05) is 23.9 Å². The van der Waals surface area contributed by atoms with Crippen molar-refractivity contribution in [1.82, 2.24) is 5.32 Å². The first-order valence-electron chi connectivity index (χ1n) is 6.84. The minimum atomic E-state index is -0.474. The highest BCUT2D eigenvalue weighted by atomic mass is 32.2. The van der Waals surface area contributed by atoms with Crippen LogP contribution >= 0.6 is 11.8 Å². The molecular formula is C14H21N3O3S. The van der Waals surface area contributed by atoms with Crippen molar-refractivity contribution in [3.05, 3.63) is 33.9 Å². The maximum absolute atomic E-state index is 12.1. The fraction of sp³-hybridized carbons (Fsp3) is 0.500. The lowest BCUT2D eigenvalue weighted by atomic mass is 10.1. The number of anilines is 1. The van der Waals surface area contributed by atoms with Crippen LogP contribution in [0, 0.1) is 10.1 Å². The van der Waals surface area contributed by atoms with Gasteiger partial charge in [0.05, 0.1) is 4.92 Å². The first-order chi connectivity index (χ1) is 9.99. The van der Waals surface area contributed by atoms with Gasteiger partial charge in [-0.25, -0.2) is 0 Å². The Bertz CT molecular complexity index is 508. The number of nitro benzene ring substituents is 1. The van der Waals surface area contributed by atoms with Crippen LogP contribution in [0.4, 0.5) is 11.4 Å². The third-order valence-corrected chi connectivity index (χ3v) is 3.93. The molecule has 6 nitrogen and oxygen atoms in total. The number of rotatable bonds is 8. The Kier molecular flexibility index (Phi) is 7.01. The molecule has 1 aromatic carbocycles. The summed E-state index contributed by atoms with van der Waals surface area (Å²) in [7, 11) is 1.59. The Morgan fingerprint density at radius 2 is 2.19 bits per heavy atom. The standard InChI is InChI=1S/C14H21N3O3S/c1-4-21-8-7-10(2)16-14(18)11-5-6-13(17(19)20)12(9-11)15-3/h5-6,9-10,15H,4,7-8H2,1-3H3,(H,16,18). The van der Waals surface area contributed by atoms with Gasteiger partial charge in [-0.1, -0.05) is 6.92 Å². The Balaban J connectivity index is 2.72. The van der Waals surface area contributed by atoms with Crippen molar-refractivity contribution in [3.8, 4) is 0 Å². The lowest BCUT2D eigenvalue weighted by molar-refractivity contribution is -0.383. The van der Waals surface area contributed by atoms with Crippen LogP contribution in [0.15, 0.2) is 18.2 Å². The molecule has 1 rings (SSSR count). The fourth-order valence-electron chi connectivity index (χ4n) is 1.82. The summed E-state index contributed by atoms with van der Waals surface area (Å²) in [5.74, 6) is 1.85. The molecular weight excluding hydrogens is 290 g/mol. The first kappa shape index (κ1) is 17.3. The third-order valence-electron chi connectivity index (χ3n) is 3.00. The zero-order valence-corrected chi connectivity index (χ0v) is 13.3. The SMILES string of the molecule is CCSCCC(C)NC(=O)c1ccc([N+](=O)[O-])c(NC)c1. The minimum absolute atomic E-state index is 0.0403. The number of nitrogens with zero attached hydrogens (tertiary/aromatic N) is 1. The summed E-state index contributed by atoms with van der Waals surface area (Å²) in [4.78, 5) is 22.5. The summed E-state index contributed by atoms with van der Waals surface area (Å²) < 4.78 is 0. The maximum atomic E-state index is 12.1. The number of nitrogens with one attached hydrogen (secondary N) is 2. The maximum Gasteiger partial charge on any atom is 0.292 e. The number of carbonyl (C=O) groups excluding carboxylic acids is 1. The number of amides is 1. The van der Waals surface area contributed by atoms with E-state index < -0.39 is 4.92 Å². The number of nitro groups is 1. The summed E-state index contributed by atoms with van der Waals surface area (Å²) in [6, 6.07) is 4.39. The number of carbonyl (C=O) groups is 1. The molecule has 0 heterocycles. The monoisotopic (exact) mass is 311 g/mol. The summed E-state index contributed by atoms with van der Waals surface area (Å²) >= 11 is 1.83. The van der Waals surface area contributed by atoms with Crippen LogP contribution in [0.5, 0.6) is 0 Å². The molecule has 0 aliphatic rings. The van der Waals surface area contributed by atoms with E-state index in [1.807, 2.05) is 18.7 Å². The summed E-state index contributed by atoms with van der Waals surface area (Å²) in [5, 5.41) is 16.5. The van der Waals surface area contributed by atoms with E-state index in [0.717, 1.165) is 17.9 Å². The molecule has 1 aromatic rings. The van der Waals surface area contributed by atoms with Crippen LogP contribution in [0.1, 0.15) is 30.6 Å². The highest BCUT2D eigenvalue weighted by molar-refractivity contribution is 7.99. The number of benzene rings is 1. The Morgan fingerprint density at radius 3 is 2.76 bits per heavy atom. The van der Waals surface area contributed by atoms with Gasteiger partial charge in [0.2, 0.25) is 0 Å². The predicted molar refractivity (Wildman–Crippen MR) is 87.2 cm³/mol. The van der Waals surface area contributed by atoms with Crippen LogP contribution in [0.25, 0.3) is 0 Å². The number of hydrogen-bond donors (Lipinski definition) is 2. The highest BCUT2D eigenvalue weighted by Crippen LogP contribution is 2.24. The molecule has 0 bridgehead atoms. The topological polar surface area (TPSA) is 84.3 Å². The summed E-state index contributed by atoms with van der Waals surface area (Å²) in [6.07, 6.45) is 0.899. The molecule has 0 aromatic heterocycles. The fourth-order valence-corrected chi connectivity index (χ4v) is 2.63. The molecule has 0 saturated heterocycles. The van der Waals surface area contributed by atoms with Crippen LogP contribution in [0.2, 0.25) is 0 Å². The van der Waals surface area contributed by atoms with Gasteiger partial charge in [0.1, 0.15) is 5.69 Å². The van der Waals surface area contributed by atoms with E-state index in [0.29, 0.717) is 11.3 Å². The van der Waals surface area contributed by atoms with Gasteiger partial charge in [0.15, 0.2) is 0 Å². The molecule has 21 heavy (non-hydrogen) atoms. The number of thioether (sulfide) groups is 1. The van der Waals surface area contributed by atoms with Crippen molar-refractivity contribution in [2.24, 2.45) is 0 Å². The molecule has 0 aliphatic carbocycles. The van der Waals surface area contributed by atoms with Gasteiger partial charge >= 0.3 is 0 Å². The third kappa shape index (κ3) is 5.26. The van der Waals surface area contributed by atoms with Crippen molar-refractivity contribution in [1.29, 1.82) is 0 Å².